The summed E-state index contributed by atoms with van der Waals surface area (Å²) in [6.07, 6.45) is 2.31. The normalized spacial score (nSPS) is 18.1. The van der Waals surface area contributed by atoms with Gasteiger partial charge in [-0.25, -0.2) is 4.98 Å². The SMILES string of the molecule is CCC1(O)CN(Cc2cc(=O)n3cc(Cl)ccc3n2)C1. The van der Waals surface area contributed by atoms with Gasteiger partial charge in [0.25, 0.3) is 5.56 Å². The molecule has 0 bridgehead atoms. The van der Waals surface area contributed by atoms with Crippen molar-refractivity contribution < 1.29 is 5.11 Å². The van der Waals surface area contributed by atoms with Crippen molar-refractivity contribution in [1.82, 2.24) is 14.3 Å². The summed E-state index contributed by atoms with van der Waals surface area (Å²) >= 11 is 5.87. The Balaban J connectivity index is 1.84. The predicted molar refractivity (Wildman–Crippen MR) is 77.0 cm³/mol. The molecule has 0 radical (unpaired) electrons. The molecule has 0 aromatic carbocycles. The lowest BCUT2D eigenvalue weighted by atomic mass is 9.91. The van der Waals surface area contributed by atoms with Crippen LogP contribution in [0.1, 0.15) is 19.0 Å². The highest BCUT2D eigenvalue weighted by Crippen LogP contribution is 2.25. The summed E-state index contributed by atoms with van der Waals surface area (Å²) < 4.78 is 1.43. The molecule has 1 aliphatic rings. The smallest absolute Gasteiger partial charge is 0.258 e. The highest BCUT2D eigenvalue weighted by atomic mass is 35.5. The number of fused-ring (bicyclic) bond motifs is 1. The molecule has 1 aliphatic heterocycles. The summed E-state index contributed by atoms with van der Waals surface area (Å²) in [6, 6.07) is 4.96. The number of nitrogens with zero attached hydrogens (tertiary/aromatic N) is 3. The Hall–Kier alpha value is -1.43. The molecular weight excluding hydrogens is 278 g/mol. The van der Waals surface area contributed by atoms with Crippen molar-refractivity contribution in [2.24, 2.45) is 0 Å². The molecule has 0 unspecified atom stereocenters. The van der Waals surface area contributed by atoms with E-state index in [1.807, 2.05) is 6.92 Å². The van der Waals surface area contributed by atoms with Crippen molar-refractivity contribution in [3.63, 3.8) is 0 Å². The summed E-state index contributed by atoms with van der Waals surface area (Å²) in [6.45, 7) is 3.81. The van der Waals surface area contributed by atoms with Gasteiger partial charge in [0.15, 0.2) is 0 Å². The molecule has 5 nitrogen and oxygen atoms in total. The Morgan fingerprint density at radius 1 is 1.45 bits per heavy atom. The fourth-order valence-corrected chi connectivity index (χ4v) is 2.72. The average Bonchev–Trinajstić information content (AvgIpc) is 2.38. The summed E-state index contributed by atoms with van der Waals surface area (Å²) in [5.41, 5.74) is 0.594. The first-order chi connectivity index (χ1) is 9.49. The molecule has 2 aromatic heterocycles. The van der Waals surface area contributed by atoms with Crippen molar-refractivity contribution >= 4 is 17.2 Å². The quantitative estimate of drug-likeness (QED) is 0.927. The van der Waals surface area contributed by atoms with Crippen molar-refractivity contribution in [2.75, 3.05) is 13.1 Å². The summed E-state index contributed by atoms with van der Waals surface area (Å²) in [4.78, 5) is 18.6. The van der Waals surface area contributed by atoms with Crippen LogP contribution >= 0.6 is 11.6 Å². The first kappa shape index (κ1) is 13.5. The molecule has 0 aliphatic carbocycles. The Kier molecular flexibility index (Phi) is 3.28. The zero-order valence-corrected chi connectivity index (χ0v) is 12.0. The van der Waals surface area contributed by atoms with Crippen LogP contribution in [0.25, 0.3) is 5.65 Å². The van der Waals surface area contributed by atoms with Crippen molar-refractivity contribution in [1.29, 1.82) is 0 Å². The topological polar surface area (TPSA) is 57.8 Å². The van der Waals surface area contributed by atoms with Crippen LogP contribution in [-0.4, -0.2) is 38.1 Å². The number of rotatable bonds is 3. The number of hydrogen-bond acceptors (Lipinski definition) is 4. The number of pyridine rings is 1. The fraction of sp³-hybridized carbons (Fsp3) is 0.429. The zero-order chi connectivity index (χ0) is 14.3. The third kappa shape index (κ3) is 2.44. The second-order valence-electron chi connectivity index (χ2n) is 5.38. The molecule has 0 amide bonds. The largest absolute Gasteiger partial charge is 0.387 e. The van der Waals surface area contributed by atoms with Crippen LogP contribution in [0.4, 0.5) is 0 Å². The van der Waals surface area contributed by atoms with E-state index in [1.165, 1.54) is 10.5 Å². The molecule has 1 N–H and O–H groups in total. The number of aliphatic hydroxyl groups is 1. The van der Waals surface area contributed by atoms with Crippen LogP contribution < -0.4 is 5.56 Å². The van der Waals surface area contributed by atoms with Crippen LogP contribution in [0, 0.1) is 0 Å². The van der Waals surface area contributed by atoms with Crippen LogP contribution in [0.5, 0.6) is 0 Å². The maximum atomic E-state index is 12.0. The van der Waals surface area contributed by atoms with Gasteiger partial charge < -0.3 is 5.11 Å². The second kappa shape index (κ2) is 4.84. The third-order valence-electron chi connectivity index (χ3n) is 3.76. The average molecular weight is 294 g/mol. The molecular formula is C14H16ClN3O2. The predicted octanol–water partition coefficient (Wildman–Crippen LogP) is 1.30. The lowest BCUT2D eigenvalue weighted by Crippen LogP contribution is -2.60. The van der Waals surface area contributed by atoms with Crippen LogP contribution in [0.15, 0.2) is 29.2 Å². The van der Waals surface area contributed by atoms with E-state index in [-0.39, 0.29) is 5.56 Å². The molecule has 1 saturated heterocycles. The van der Waals surface area contributed by atoms with Gasteiger partial charge in [0.05, 0.1) is 16.3 Å². The summed E-state index contributed by atoms with van der Waals surface area (Å²) in [5.74, 6) is 0. The highest BCUT2D eigenvalue weighted by Gasteiger charge is 2.39. The van der Waals surface area contributed by atoms with Gasteiger partial charge in [0, 0.05) is 31.9 Å². The van der Waals surface area contributed by atoms with Gasteiger partial charge in [-0.05, 0) is 18.6 Å². The minimum Gasteiger partial charge on any atom is -0.387 e. The molecule has 20 heavy (non-hydrogen) atoms. The zero-order valence-electron chi connectivity index (χ0n) is 11.2. The van der Waals surface area contributed by atoms with E-state index in [0.29, 0.717) is 30.3 Å². The molecule has 1 fully saturated rings. The summed E-state index contributed by atoms with van der Waals surface area (Å²) in [7, 11) is 0. The van der Waals surface area contributed by atoms with Crippen LogP contribution in [-0.2, 0) is 6.54 Å². The molecule has 0 atom stereocenters. The van der Waals surface area contributed by atoms with E-state index < -0.39 is 5.60 Å². The van der Waals surface area contributed by atoms with E-state index in [4.69, 9.17) is 11.6 Å². The van der Waals surface area contributed by atoms with Gasteiger partial charge in [0.1, 0.15) is 5.65 Å². The van der Waals surface area contributed by atoms with Gasteiger partial charge in [-0.3, -0.25) is 14.1 Å². The van der Waals surface area contributed by atoms with Crippen LogP contribution in [0.3, 0.4) is 0 Å². The van der Waals surface area contributed by atoms with E-state index in [9.17, 15) is 9.90 Å². The van der Waals surface area contributed by atoms with Gasteiger partial charge in [-0.2, -0.15) is 0 Å². The minimum atomic E-state index is -0.570. The number of β-amino-alcohol motifs (C(OH)–C–C–N with tert-alkyl or cyclic N) is 1. The van der Waals surface area contributed by atoms with Gasteiger partial charge in [0.2, 0.25) is 0 Å². The van der Waals surface area contributed by atoms with Gasteiger partial charge >= 0.3 is 0 Å². The van der Waals surface area contributed by atoms with Crippen molar-refractivity contribution in [2.45, 2.75) is 25.5 Å². The molecule has 3 rings (SSSR count). The minimum absolute atomic E-state index is 0.140. The maximum absolute atomic E-state index is 12.0. The van der Waals surface area contributed by atoms with E-state index in [0.717, 1.165) is 12.1 Å². The van der Waals surface area contributed by atoms with E-state index in [2.05, 4.69) is 9.88 Å². The Morgan fingerprint density at radius 3 is 2.90 bits per heavy atom. The Labute approximate surface area is 121 Å². The maximum Gasteiger partial charge on any atom is 0.258 e. The fourth-order valence-electron chi connectivity index (χ4n) is 2.56. The standard InChI is InChI=1S/C14H16ClN3O2/c1-2-14(20)8-17(9-14)7-11-5-13(19)18-6-10(15)3-4-12(18)16-11/h3-6,20H,2,7-9H2,1H3. The van der Waals surface area contributed by atoms with Crippen molar-refractivity contribution in [3.8, 4) is 0 Å². The lowest BCUT2D eigenvalue weighted by molar-refractivity contribution is -0.103. The molecule has 6 heteroatoms. The van der Waals surface area contributed by atoms with Crippen molar-refractivity contribution in [3.05, 3.63) is 45.5 Å². The molecule has 106 valence electrons. The Morgan fingerprint density at radius 2 is 2.20 bits per heavy atom. The van der Waals surface area contributed by atoms with E-state index >= 15 is 0 Å². The molecule has 0 saturated carbocycles. The monoisotopic (exact) mass is 293 g/mol. The second-order valence-corrected chi connectivity index (χ2v) is 5.82. The highest BCUT2D eigenvalue weighted by molar-refractivity contribution is 6.30. The third-order valence-corrected chi connectivity index (χ3v) is 3.98. The molecule has 3 heterocycles. The first-order valence-corrected chi connectivity index (χ1v) is 6.99. The molecule has 0 spiro atoms. The first-order valence-electron chi connectivity index (χ1n) is 6.62. The number of hydrogen-bond donors (Lipinski definition) is 1. The number of halogens is 1. The van der Waals surface area contributed by atoms with Gasteiger partial charge in [-0.15, -0.1) is 0 Å². The molecule has 2 aromatic rings. The van der Waals surface area contributed by atoms with Gasteiger partial charge in [-0.1, -0.05) is 18.5 Å². The van der Waals surface area contributed by atoms with E-state index in [1.54, 1.807) is 18.3 Å². The Bertz CT molecular complexity index is 707. The summed E-state index contributed by atoms with van der Waals surface area (Å²) in [5, 5.41) is 10.5. The number of likely N-dealkylation sites (tertiary alicyclic amines) is 1. The van der Waals surface area contributed by atoms with Crippen LogP contribution in [0.2, 0.25) is 5.02 Å². The number of aromatic nitrogens is 2. The lowest BCUT2D eigenvalue weighted by Gasteiger charge is -2.46.